The summed E-state index contributed by atoms with van der Waals surface area (Å²) in [6.45, 7) is 6.82. The SMILES string of the molecule is C=C(C)CNC(N)=NCc1cccc(NC(=O)C2CCCC2)c1.I. The van der Waals surface area contributed by atoms with Crippen LogP contribution in [0.5, 0.6) is 0 Å². The van der Waals surface area contributed by atoms with Gasteiger partial charge in [0.15, 0.2) is 5.96 Å². The van der Waals surface area contributed by atoms with Crippen molar-refractivity contribution in [3.8, 4) is 0 Å². The highest BCUT2D eigenvalue weighted by Gasteiger charge is 2.22. The van der Waals surface area contributed by atoms with E-state index in [1.54, 1.807) is 0 Å². The molecule has 6 heteroatoms. The fourth-order valence-electron chi connectivity index (χ4n) is 2.65. The Kier molecular flexibility index (Phi) is 8.81. The Morgan fingerprint density at radius 1 is 1.38 bits per heavy atom. The van der Waals surface area contributed by atoms with Gasteiger partial charge >= 0.3 is 0 Å². The Hall–Kier alpha value is -1.57. The molecule has 0 aliphatic heterocycles. The fourth-order valence-corrected chi connectivity index (χ4v) is 2.65. The largest absolute Gasteiger partial charge is 0.370 e. The Balaban J connectivity index is 0.00000288. The third kappa shape index (κ3) is 6.90. The molecule has 2 rings (SSSR count). The molecule has 5 nitrogen and oxygen atoms in total. The number of carbonyl (C=O) groups is 1. The minimum atomic E-state index is 0. The van der Waals surface area contributed by atoms with Gasteiger partial charge in [-0.2, -0.15) is 0 Å². The number of nitrogens with zero attached hydrogens (tertiary/aromatic N) is 1. The number of guanidine groups is 1. The second kappa shape index (κ2) is 10.3. The Labute approximate surface area is 161 Å². The smallest absolute Gasteiger partial charge is 0.227 e. The highest BCUT2D eigenvalue weighted by atomic mass is 127. The van der Waals surface area contributed by atoms with Crippen LogP contribution in [0.15, 0.2) is 41.4 Å². The lowest BCUT2D eigenvalue weighted by Gasteiger charge is -2.11. The average Bonchev–Trinajstić information content (AvgIpc) is 3.06. The van der Waals surface area contributed by atoms with Gasteiger partial charge in [-0.1, -0.05) is 37.1 Å². The van der Waals surface area contributed by atoms with Crippen LogP contribution < -0.4 is 16.4 Å². The first-order valence-corrected chi connectivity index (χ1v) is 8.12. The molecule has 0 radical (unpaired) electrons. The minimum Gasteiger partial charge on any atom is -0.370 e. The molecule has 0 bridgehead atoms. The zero-order valence-corrected chi connectivity index (χ0v) is 16.5. The van der Waals surface area contributed by atoms with Crippen LogP contribution in [-0.2, 0) is 11.3 Å². The molecule has 4 N–H and O–H groups in total. The lowest BCUT2D eigenvalue weighted by atomic mass is 10.1. The summed E-state index contributed by atoms with van der Waals surface area (Å²) in [6.07, 6.45) is 4.31. The maximum Gasteiger partial charge on any atom is 0.227 e. The predicted molar refractivity (Wildman–Crippen MR) is 111 cm³/mol. The van der Waals surface area contributed by atoms with Crippen LogP contribution in [0.2, 0.25) is 0 Å². The molecule has 1 saturated carbocycles. The first-order valence-electron chi connectivity index (χ1n) is 8.12. The number of amides is 1. The molecule has 0 unspecified atom stereocenters. The van der Waals surface area contributed by atoms with Crippen LogP contribution in [0, 0.1) is 5.92 Å². The number of rotatable bonds is 6. The van der Waals surface area contributed by atoms with Gasteiger partial charge in [0.05, 0.1) is 6.54 Å². The van der Waals surface area contributed by atoms with Crippen molar-refractivity contribution in [1.82, 2.24) is 5.32 Å². The van der Waals surface area contributed by atoms with E-state index < -0.39 is 0 Å². The topological polar surface area (TPSA) is 79.5 Å². The fraction of sp³-hybridized carbons (Fsp3) is 0.444. The number of hydrogen-bond donors (Lipinski definition) is 3. The monoisotopic (exact) mass is 442 g/mol. The number of halogens is 1. The van der Waals surface area contributed by atoms with Gasteiger partial charge in [-0.15, -0.1) is 24.0 Å². The lowest BCUT2D eigenvalue weighted by Crippen LogP contribution is -2.32. The maximum atomic E-state index is 12.2. The van der Waals surface area contributed by atoms with Gasteiger partial charge < -0.3 is 16.4 Å². The van der Waals surface area contributed by atoms with Gasteiger partial charge in [0, 0.05) is 18.2 Å². The van der Waals surface area contributed by atoms with Gasteiger partial charge in [-0.25, -0.2) is 4.99 Å². The number of nitrogens with two attached hydrogens (primary N) is 1. The molecule has 0 spiro atoms. The number of carbonyl (C=O) groups excluding carboxylic acids is 1. The minimum absolute atomic E-state index is 0. The lowest BCUT2D eigenvalue weighted by molar-refractivity contribution is -0.119. The summed E-state index contributed by atoms with van der Waals surface area (Å²) in [5.41, 5.74) is 8.63. The van der Waals surface area contributed by atoms with E-state index in [4.69, 9.17) is 5.73 Å². The third-order valence-electron chi connectivity index (χ3n) is 3.92. The molecule has 0 saturated heterocycles. The number of aliphatic imine (C=N–C) groups is 1. The first-order chi connectivity index (χ1) is 11.0. The second-order valence-corrected chi connectivity index (χ2v) is 6.18. The van der Waals surface area contributed by atoms with Gasteiger partial charge in [0.25, 0.3) is 0 Å². The first kappa shape index (κ1) is 20.5. The Morgan fingerprint density at radius 3 is 2.75 bits per heavy atom. The van der Waals surface area contributed by atoms with Gasteiger partial charge in [-0.05, 0) is 37.5 Å². The van der Waals surface area contributed by atoms with Crippen LogP contribution >= 0.6 is 24.0 Å². The quantitative estimate of drug-likeness (QED) is 0.274. The van der Waals surface area contributed by atoms with E-state index in [2.05, 4.69) is 22.2 Å². The molecular weight excluding hydrogens is 415 g/mol. The molecule has 1 aromatic carbocycles. The van der Waals surface area contributed by atoms with E-state index in [-0.39, 0.29) is 35.8 Å². The second-order valence-electron chi connectivity index (χ2n) is 6.18. The zero-order chi connectivity index (χ0) is 16.7. The molecule has 0 heterocycles. The summed E-state index contributed by atoms with van der Waals surface area (Å²) in [7, 11) is 0. The average molecular weight is 442 g/mol. The zero-order valence-electron chi connectivity index (χ0n) is 14.2. The van der Waals surface area contributed by atoms with E-state index in [0.29, 0.717) is 19.0 Å². The summed E-state index contributed by atoms with van der Waals surface area (Å²) < 4.78 is 0. The number of nitrogens with one attached hydrogen (secondary N) is 2. The Morgan fingerprint density at radius 2 is 2.08 bits per heavy atom. The normalized spacial score (nSPS) is 14.8. The maximum absolute atomic E-state index is 12.2. The molecule has 1 fully saturated rings. The number of anilines is 1. The highest BCUT2D eigenvalue weighted by molar-refractivity contribution is 14.0. The van der Waals surface area contributed by atoms with Crippen molar-refractivity contribution >= 4 is 41.5 Å². The van der Waals surface area contributed by atoms with Crippen molar-refractivity contribution in [3.05, 3.63) is 42.0 Å². The van der Waals surface area contributed by atoms with Crippen molar-refractivity contribution in [1.29, 1.82) is 0 Å². The molecule has 0 aromatic heterocycles. The summed E-state index contributed by atoms with van der Waals surface area (Å²) in [4.78, 5) is 16.5. The van der Waals surface area contributed by atoms with Gasteiger partial charge in [-0.3, -0.25) is 4.79 Å². The summed E-state index contributed by atoms with van der Waals surface area (Å²) >= 11 is 0. The molecule has 1 aliphatic carbocycles. The molecule has 24 heavy (non-hydrogen) atoms. The van der Waals surface area contributed by atoms with Crippen molar-refractivity contribution < 1.29 is 4.79 Å². The highest BCUT2D eigenvalue weighted by Crippen LogP contribution is 2.26. The third-order valence-corrected chi connectivity index (χ3v) is 3.92. The van der Waals surface area contributed by atoms with Crippen molar-refractivity contribution in [3.63, 3.8) is 0 Å². The van der Waals surface area contributed by atoms with Gasteiger partial charge in [0.1, 0.15) is 0 Å². The van der Waals surface area contributed by atoms with Crippen LogP contribution in [-0.4, -0.2) is 18.4 Å². The van der Waals surface area contributed by atoms with Crippen LogP contribution in [0.4, 0.5) is 5.69 Å². The van der Waals surface area contributed by atoms with Crippen molar-refractivity contribution in [2.75, 3.05) is 11.9 Å². The molecule has 1 aromatic rings. The molecular formula is C18H27IN4O. The van der Waals surface area contributed by atoms with Crippen LogP contribution in [0.25, 0.3) is 0 Å². The predicted octanol–water partition coefficient (Wildman–Crippen LogP) is 3.41. The Bertz CT molecular complexity index is 594. The summed E-state index contributed by atoms with van der Waals surface area (Å²) in [5, 5.41) is 6.00. The van der Waals surface area contributed by atoms with Crippen molar-refractivity contribution in [2.24, 2.45) is 16.6 Å². The van der Waals surface area contributed by atoms with Crippen LogP contribution in [0.3, 0.4) is 0 Å². The standard InChI is InChI=1S/C18H26N4O.HI/c1-13(2)11-20-18(19)21-12-14-6-5-9-16(10-14)22-17(23)15-7-3-4-8-15;/h5-6,9-10,15H,1,3-4,7-8,11-12H2,2H3,(H,22,23)(H3,19,20,21);1H. The van der Waals surface area contributed by atoms with E-state index in [9.17, 15) is 4.79 Å². The van der Waals surface area contributed by atoms with E-state index >= 15 is 0 Å². The number of hydrogen-bond acceptors (Lipinski definition) is 2. The summed E-state index contributed by atoms with van der Waals surface area (Å²) in [6, 6.07) is 7.75. The number of benzene rings is 1. The molecule has 1 aliphatic rings. The molecule has 1 amide bonds. The van der Waals surface area contributed by atoms with Gasteiger partial charge in [0.2, 0.25) is 5.91 Å². The van der Waals surface area contributed by atoms with Crippen molar-refractivity contribution in [2.45, 2.75) is 39.2 Å². The van der Waals surface area contributed by atoms with E-state index in [1.165, 1.54) is 0 Å². The van der Waals surface area contributed by atoms with E-state index in [1.807, 2.05) is 31.2 Å². The molecule has 0 atom stereocenters. The summed E-state index contributed by atoms with van der Waals surface area (Å²) in [5.74, 6) is 0.692. The molecule has 132 valence electrons. The van der Waals surface area contributed by atoms with Crippen LogP contribution in [0.1, 0.15) is 38.2 Å². The van der Waals surface area contributed by atoms with E-state index in [0.717, 1.165) is 42.5 Å².